The van der Waals surface area contributed by atoms with Crippen molar-refractivity contribution in [2.45, 2.75) is 33.6 Å². The summed E-state index contributed by atoms with van der Waals surface area (Å²) in [5.74, 6) is -0.111. The van der Waals surface area contributed by atoms with E-state index in [0.29, 0.717) is 21.6 Å². The molecule has 132 valence electrons. The highest BCUT2D eigenvalue weighted by molar-refractivity contribution is 7.20. The summed E-state index contributed by atoms with van der Waals surface area (Å²) in [5.41, 5.74) is 0.622. The first-order valence-electron chi connectivity index (χ1n) is 8.44. The van der Waals surface area contributed by atoms with E-state index < -0.39 is 0 Å². The van der Waals surface area contributed by atoms with Gasteiger partial charge in [0.1, 0.15) is 4.83 Å². The van der Waals surface area contributed by atoms with Crippen LogP contribution in [0, 0.1) is 6.92 Å². The predicted molar refractivity (Wildman–Crippen MR) is 99.0 cm³/mol. The normalized spacial score (nSPS) is 11.4. The number of thiophene rings is 1. The van der Waals surface area contributed by atoms with Crippen LogP contribution in [-0.2, 0) is 7.05 Å². The number of amides is 1. The fourth-order valence-corrected chi connectivity index (χ4v) is 3.76. The molecule has 0 aliphatic rings. The van der Waals surface area contributed by atoms with Crippen LogP contribution in [0.15, 0.2) is 11.1 Å². The number of nitrogens with zero attached hydrogens (tertiary/aromatic N) is 3. The van der Waals surface area contributed by atoms with Crippen molar-refractivity contribution in [3.63, 3.8) is 0 Å². The highest BCUT2D eigenvalue weighted by Gasteiger charge is 2.18. The summed E-state index contributed by atoms with van der Waals surface area (Å²) in [6.45, 7) is 9.97. The lowest BCUT2D eigenvalue weighted by atomic mass is 10.2. The van der Waals surface area contributed by atoms with Crippen LogP contribution in [0.2, 0.25) is 0 Å². The quantitative estimate of drug-likeness (QED) is 0.741. The second-order valence-corrected chi connectivity index (χ2v) is 6.89. The van der Waals surface area contributed by atoms with E-state index in [1.807, 2.05) is 6.92 Å². The third-order valence-corrected chi connectivity index (χ3v) is 5.50. The number of nitrogens with one attached hydrogen (secondary N) is 1. The van der Waals surface area contributed by atoms with E-state index in [4.69, 9.17) is 0 Å². The molecule has 0 atom stereocenters. The first-order chi connectivity index (χ1) is 11.5. The number of hydrogen-bond donors (Lipinski definition) is 1. The molecule has 0 aromatic carbocycles. The maximum Gasteiger partial charge on any atom is 0.262 e. The highest BCUT2D eigenvalue weighted by atomic mass is 32.1. The van der Waals surface area contributed by atoms with Gasteiger partial charge in [0.15, 0.2) is 0 Å². The molecule has 1 N–H and O–H groups in total. The van der Waals surface area contributed by atoms with Gasteiger partial charge in [0, 0.05) is 13.6 Å². The first kappa shape index (κ1) is 18.6. The molecule has 2 rings (SSSR count). The molecule has 2 aromatic rings. The molecule has 0 saturated heterocycles. The van der Waals surface area contributed by atoms with Gasteiger partial charge in [0.25, 0.3) is 11.5 Å². The largest absolute Gasteiger partial charge is 0.351 e. The van der Waals surface area contributed by atoms with Gasteiger partial charge in [-0.2, -0.15) is 0 Å². The molecule has 0 unspecified atom stereocenters. The predicted octanol–water partition coefficient (Wildman–Crippen LogP) is 2.16. The Hall–Kier alpha value is -1.73. The number of aromatic nitrogens is 2. The van der Waals surface area contributed by atoms with Crippen molar-refractivity contribution < 1.29 is 4.79 Å². The third kappa shape index (κ3) is 4.02. The Labute approximate surface area is 146 Å². The van der Waals surface area contributed by atoms with Gasteiger partial charge in [-0.05, 0) is 45.0 Å². The van der Waals surface area contributed by atoms with E-state index in [-0.39, 0.29) is 11.5 Å². The molecule has 0 saturated carbocycles. The molecule has 2 aromatic heterocycles. The average molecular weight is 350 g/mol. The number of fused-ring (bicyclic) bond motifs is 1. The molecule has 6 nitrogen and oxygen atoms in total. The standard InChI is InChI=1S/C17H26N4O2S/c1-5-21(6-2)10-8-7-9-18-15(22)14-12(3)13-16(24-14)19-11-20(4)17(13)23/h11H,5-10H2,1-4H3,(H,18,22). The molecular weight excluding hydrogens is 324 g/mol. The third-order valence-electron chi connectivity index (χ3n) is 4.30. The molecule has 7 heteroatoms. The summed E-state index contributed by atoms with van der Waals surface area (Å²) < 4.78 is 1.44. The Balaban J connectivity index is 1.96. The van der Waals surface area contributed by atoms with Crippen LogP contribution in [0.5, 0.6) is 0 Å². The van der Waals surface area contributed by atoms with E-state index in [2.05, 4.69) is 29.0 Å². The number of unbranched alkanes of at least 4 members (excludes halogenated alkanes) is 1. The van der Waals surface area contributed by atoms with Gasteiger partial charge in [-0.1, -0.05) is 13.8 Å². The van der Waals surface area contributed by atoms with Crippen molar-refractivity contribution >= 4 is 27.5 Å². The molecule has 1 amide bonds. The Morgan fingerprint density at radius 3 is 2.71 bits per heavy atom. The summed E-state index contributed by atoms with van der Waals surface area (Å²) in [5, 5.41) is 3.51. The zero-order chi connectivity index (χ0) is 17.7. The number of carbonyl (C=O) groups excluding carboxylic acids is 1. The molecule has 0 aliphatic carbocycles. The Morgan fingerprint density at radius 2 is 2.04 bits per heavy atom. The maximum absolute atomic E-state index is 12.4. The lowest BCUT2D eigenvalue weighted by Crippen LogP contribution is -2.27. The summed E-state index contributed by atoms with van der Waals surface area (Å²) in [7, 11) is 1.67. The first-order valence-corrected chi connectivity index (χ1v) is 9.26. The summed E-state index contributed by atoms with van der Waals surface area (Å²) >= 11 is 1.29. The van der Waals surface area contributed by atoms with Gasteiger partial charge in [0.2, 0.25) is 0 Å². The van der Waals surface area contributed by atoms with Gasteiger partial charge < -0.3 is 14.8 Å². The zero-order valence-electron chi connectivity index (χ0n) is 14.9. The number of carbonyl (C=O) groups is 1. The topological polar surface area (TPSA) is 67.2 Å². The Kier molecular flexibility index (Phi) is 6.51. The van der Waals surface area contributed by atoms with Gasteiger partial charge in [-0.3, -0.25) is 9.59 Å². The second kappa shape index (κ2) is 8.39. The van der Waals surface area contributed by atoms with E-state index in [0.717, 1.165) is 38.0 Å². The minimum atomic E-state index is -0.111. The van der Waals surface area contributed by atoms with Crippen LogP contribution in [0.1, 0.15) is 41.9 Å². The van der Waals surface area contributed by atoms with Crippen molar-refractivity contribution in [2.75, 3.05) is 26.2 Å². The van der Waals surface area contributed by atoms with Crippen molar-refractivity contribution in [2.24, 2.45) is 7.05 Å². The fourth-order valence-electron chi connectivity index (χ4n) is 2.71. The van der Waals surface area contributed by atoms with Crippen LogP contribution >= 0.6 is 11.3 Å². The van der Waals surface area contributed by atoms with Gasteiger partial charge >= 0.3 is 0 Å². The lowest BCUT2D eigenvalue weighted by molar-refractivity contribution is 0.0956. The van der Waals surface area contributed by atoms with Crippen LogP contribution in [0.4, 0.5) is 0 Å². The van der Waals surface area contributed by atoms with Crippen molar-refractivity contribution in [3.8, 4) is 0 Å². The van der Waals surface area contributed by atoms with Crippen LogP contribution < -0.4 is 10.9 Å². The van der Waals surface area contributed by atoms with Crippen LogP contribution in [-0.4, -0.2) is 46.5 Å². The Morgan fingerprint density at radius 1 is 1.33 bits per heavy atom. The molecule has 0 bridgehead atoms. The van der Waals surface area contributed by atoms with E-state index in [1.54, 1.807) is 7.05 Å². The molecule has 0 radical (unpaired) electrons. The number of rotatable bonds is 8. The van der Waals surface area contributed by atoms with Crippen molar-refractivity contribution in [1.29, 1.82) is 0 Å². The number of aryl methyl sites for hydroxylation is 2. The molecule has 0 fully saturated rings. The summed E-state index contributed by atoms with van der Waals surface area (Å²) in [4.78, 5) is 32.4. The fraction of sp³-hybridized carbons (Fsp3) is 0.588. The maximum atomic E-state index is 12.4. The number of hydrogen-bond acceptors (Lipinski definition) is 5. The lowest BCUT2D eigenvalue weighted by Gasteiger charge is -2.17. The zero-order valence-corrected chi connectivity index (χ0v) is 15.7. The minimum absolute atomic E-state index is 0.105. The van der Waals surface area contributed by atoms with E-state index >= 15 is 0 Å². The average Bonchev–Trinajstić information content (AvgIpc) is 2.92. The molecule has 24 heavy (non-hydrogen) atoms. The molecular formula is C17H26N4O2S. The van der Waals surface area contributed by atoms with Gasteiger partial charge in [-0.25, -0.2) is 4.98 Å². The molecule has 2 heterocycles. The minimum Gasteiger partial charge on any atom is -0.351 e. The van der Waals surface area contributed by atoms with Gasteiger partial charge in [-0.15, -0.1) is 11.3 Å². The SMILES string of the molecule is CCN(CC)CCCCNC(=O)c1sc2ncn(C)c(=O)c2c1C. The van der Waals surface area contributed by atoms with Crippen LogP contribution in [0.25, 0.3) is 10.2 Å². The smallest absolute Gasteiger partial charge is 0.262 e. The van der Waals surface area contributed by atoms with Gasteiger partial charge in [0.05, 0.1) is 16.6 Å². The second-order valence-electron chi connectivity index (χ2n) is 5.89. The highest BCUT2D eigenvalue weighted by Crippen LogP contribution is 2.26. The Bertz CT molecular complexity index is 762. The van der Waals surface area contributed by atoms with Crippen molar-refractivity contribution in [3.05, 3.63) is 27.1 Å². The van der Waals surface area contributed by atoms with Crippen LogP contribution in [0.3, 0.4) is 0 Å². The summed E-state index contributed by atoms with van der Waals surface area (Å²) in [6, 6.07) is 0. The molecule has 0 spiro atoms. The molecule has 0 aliphatic heterocycles. The van der Waals surface area contributed by atoms with Crippen molar-refractivity contribution in [1.82, 2.24) is 19.8 Å². The monoisotopic (exact) mass is 350 g/mol. The van der Waals surface area contributed by atoms with E-state index in [9.17, 15) is 9.59 Å². The van der Waals surface area contributed by atoms with E-state index in [1.165, 1.54) is 22.2 Å². The summed E-state index contributed by atoms with van der Waals surface area (Å²) in [6.07, 6.45) is 3.51.